The lowest BCUT2D eigenvalue weighted by Crippen LogP contribution is -2.33. The molecule has 0 atom stereocenters. The van der Waals surface area contributed by atoms with Crippen LogP contribution in [0.2, 0.25) is 5.02 Å². The Kier molecular flexibility index (Phi) is 5.53. The number of carbonyl (C=O) groups excluding carboxylic acids is 1. The first-order valence-corrected chi connectivity index (χ1v) is 7.26. The molecule has 1 aromatic carbocycles. The number of nitrogens with zero attached hydrogens (tertiary/aromatic N) is 2. The highest BCUT2D eigenvalue weighted by Gasteiger charge is 2.12. The molecular weight excluding hydrogens is 324 g/mol. The summed E-state index contributed by atoms with van der Waals surface area (Å²) in [5.41, 5.74) is 2.72. The van der Waals surface area contributed by atoms with Gasteiger partial charge in [-0.25, -0.2) is 9.89 Å². The van der Waals surface area contributed by atoms with Gasteiger partial charge in [0.25, 0.3) is 0 Å². The summed E-state index contributed by atoms with van der Waals surface area (Å²) >= 11 is 5.81. The number of hydrogen-bond acceptors (Lipinski definition) is 4. The van der Waals surface area contributed by atoms with Crippen LogP contribution in [0.5, 0.6) is 0 Å². The van der Waals surface area contributed by atoms with Crippen molar-refractivity contribution < 1.29 is 14.7 Å². The smallest absolute Gasteiger partial charge is 0.362 e. The van der Waals surface area contributed by atoms with Gasteiger partial charge in [-0.05, 0) is 24.1 Å². The third kappa shape index (κ3) is 4.96. The minimum atomic E-state index is -0.971. The topological polar surface area (TPSA) is 117 Å². The fourth-order valence-electron chi connectivity index (χ4n) is 1.93. The molecule has 2 aromatic rings. The van der Waals surface area contributed by atoms with Crippen LogP contribution in [0.4, 0.5) is 0 Å². The second-order valence-corrected chi connectivity index (χ2v) is 5.30. The Morgan fingerprint density at radius 1 is 1.26 bits per heavy atom. The van der Waals surface area contributed by atoms with Gasteiger partial charge in [0.2, 0.25) is 5.91 Å². The van der Waals surface area contributed by atoms with E-state index < -0.39 is 17.6 Å². The highest BCUT2D eigenvalue weighted by atomic mass is 35.5. The van der Waals surface area contributed by atoms with Crippen molar-refractivity contribution in [2.75, 3.05) is 5.43 Å². The molecule has 0 saturated heterocycles. The number of nitrogens with one attached hydrogen (secondary N) is 2. The van der Waals surface area contributed by atoms with E-state index in [9.17, 15) is 14.4 Å². The summed E-state index contributed by atoms with van der Waals surface area (Å²) in [6, 6.07) is 7.02. The van der Waals surface area contributed by atoms with Crippen LogP contribution >= 0.6 is 11.6 Å². The van der Waals surface area contributed by atoms with Crippen molar-refractivity contribution in [1.82, 2.24) is 14.9 Å². The molecule has 2 rings (SSSR count). The number of aliphatic carboxylic acids is 1. The molecule has 9 heteroatoms. The number of halogens is 1. The Bertz CT molecular complexity index is 751. The van der Waals surface area contributed by atoms with Crippen molar-refractivity contribution in [3.63, 3.8) is 0 Å². The molecule has 0 spiro atoms. The maximum Gasteiger partial charge on any atom is 0.362 e. The predicted octanol–water partition coefficient (Wildman–Crippen LogP) is 1.14. The maximum atomic E-state index is 11.8. The third-order valence-corrected chi connectivity index (χ3v) is 3.30. The van der Waals surface area contributed by atoms with Crippen LogP contribution in [0.1, 0.15) is 30.7 Å². The standard InChI is InChI=1S/C14H15ClN4O4/c15-10-6-4-9(5-7-10)8-11-16-17-14(23)19(11)18-12(20)2-1-3-13(21)22/h4-7H,1-3,8H2,(H,17,23)(H,18,20)(H,21,22). The summed E-state index contributed by atoms with van der Waals surface area (Å²) in [4.78, 5) is 33.9. The van der Waals surface area contributed by atoms with Gasteiger partial charge in [-0.15, -0.1) is 0 Å². The van der Waals surface area contributed by atoms with Crippen molar-refractivity contribution in [3.05, 3.63) is 51.2 Å². The van der Waals surface area contributed by atoms with Gasteiger partial charge < -0.3 is 5.11 Å². The molecule has 1 heterocycles. The summed E-state index contributed by atoms with van der Waals surface area (Å²) < 4.78 is 1.03. The van der Waals surface area contributed by atoms with Crippen LogP contribution in [-0.2, 0) is 16.0 Å². The zero-order chi connectivity index (χ0) is 16.8. The van der Waals surface area contributed by atoms with Gasteiger partial charge >= 0.3 is 11.7 Å². The molecule has 0 bridgehead atoms. The molecule has 0 aliphatic carbocycles. The van der Waals surface area contributed by atoms with Gasteiger partial charge in [0.05, 0.1) is 0 Å². The minimum absolute atomic E-state index is 0.00427. The molecule has 8 nitrogen and oxygen atoms in total. The van der Waals surface area contributed by atoms with Crippen LogP contribution in [0, 0.1) is 0 Å². The SMILES string of the molecule is O=C(O)CCCC(=O)Nn1c(Cc2ccc(Cl)cc2)n[nH]c1=O. The lowest BCUT2D eigenvalue weighted by Gasteiger charge is -2.07. The molecule has 0 radical (unpaired) electrons. The van der Waals surface area contributed by atoms with E-state index in [1.54, 1.807) is 24.3 Å². The van der Waals surface area contributed by atoms with Crippen LogP contribution in [0.3, 0.4) is 0 Å². The number of rotatable bonds is 7. The van der Waals surface area contributed by atoms with E-state index in [0.717, 1.165) is 10.2 Å². The van der Waals surface area contributed by atoms with Crippen molar-refractivity contribution in [2.24, 2.45) is 0 Å². The second kappa shape index (κ2) is 7.59. The van der Waals surface area contributed by atoms with E-state index in [2.05, 4.69) is 15.6 Å². The monoisotopic (exact) mass is 338 g/mol. The highest BCUT2D eigenvalue weighted by Crippen LogP contribution is 2.11. The Morgan fingerprint density at radius 2 is 1.96 bits per heavy atom. The zero-order valence-corrected chi connectivity index (χ0v) is 12.8. The summed E-state index contributed by atoms with van der Waals surface area (Å²) in [7, 11) is 0. The highest BCUT2D eigenvalue weighted by molar-refractivity contribution is 6.30. The summed E-state index contributed by atoms with van der Waals surface area (Å²) in [6.07, 6.45) is 0.418. The number of H-pyrrole nitrogens is 1. The number of aromatic nitrogens is 3. The van der Waals surface area contributed by atoms with Crippen LogP contribution in [0.25, 0.3) is 0 Å². The number of benzene rings is 1. The van der Waals surface area contributed by atoms with Gasteiger partial charge in [-0.3, -0.25) is 15.0 Å². The first-order chi connectivity index (χ1) is 11.0. The molecular formula is C14H15ClN4O4. The fraction of sp³-hybridized carbons (Fsp3) is 0.286. The van der Waals surface area contributed by atoms with Crippen LogP contribution < -0.4 is 11.1 Å². The van der Waals surface area contributed by atoms with Gasteiger partial charge in [-0.1, -0.05) is 23.7 Å². The third-order valence-electron chi connectivity index (χ3n) is 3.05. The van der Waals surface area contributed by atoms with E-state index in [1.165, 1.54) is 0 Å². The number of carbonyl (C=O) groups is 2. The molecule has 1 aromatic heterocycles. The van der Waals surface area contributed by atoms with E-state index in [1.807, 2.05) is 0 Å². The van der Waals surface area contributed by atoms with Gasteiger partial charge in [0.1, 0.15) is 0 Å². The van der Waals surface area contributed by atoms with Crippen molar-refractivity contribution in [1.29, 1.82) is 0 Å². The average molecular weight is 339 g/mol. The first-order valence-electron chi connectivity index (χ1n) is 6.88. The van der Waals surface area contributed by atoms with E-state index >= 15 is 0 Å². The first kappa shape index (κ1) is 16.8. The Balaban J connectivity index is 2.03. The van der Waals surface area contributed by atoms with E-state index in [4.69, 9.17) is 16.7 Å². The number of carboxylic acids is 1. The van der Waals surface area contributed by atoms with Gasteiger partial charge in [0, 0.05) is 24.3 Å². The molecule has 3 N–H and O–H groups in total. The number of aromatic amines is 1. The van der Waals surface area contributed by atoms with Gasteiger partial charge in [-0.2, -0.15) is 9.77 Å². The molecule has 0 unspecified atom stereocenters. The van der Waals surface area contributed by atoms with Crippen molar-refractivity contribution >= 4 is 23.5 Å². The number of carboxylic acid groups (broad SMARTS) is 1. The lowest BCUT2D eigenvalue weighted by atomic mass is 10.1. The summed E-state index contributed by atoms with van der Waals surface area (Å²) in [6.45, 7) is 0. The quantitative estimate of drug-likeness (QED) is 0.699. The molecule has 23 heavy (non-hydrogen) atoms. The molecule has 1 amide bonds. The summed E-state index contributed by atoms with van der Waals surface area (Å²) in [5, 5.41) is 15.3. The Morgan fingerprint density at radius 3 is 2.61 bits per heavy atom. The molecule has 0 aliphatic rings. The predicted molar refractivity (Wildman–Crippen MR) is 83.0 cm³/mol. The van der Waals surface area contributed by atoms with Crippen molar-refractivity contribution in [3.8, 4) is 0 Å². The second-order valence-electron chi connectivity index (χ2n) is 4.87. The molecule has 0 aliphatic heterocycles. The summed E-state index contributed by atoms with van der Waals surface area (Å²) in [5.74, 6) is -1.09. The Hall–Kier alpha value is -2.61. The maximum absolute atomic E-state index is 11.8. The Labute approximate surface area is 136 Å². The van der Waals surface area contributed by atoms with Crippen LogP contribution in [-0.4, -0.2) is 31.9 Å². The molecule has 0 fully saturated rings. The number of hydrogen-bond donors (Lipinski definition) is 3. The lowest BCUT2D eigenvalue weighted by molar-refractivity contribution is -0.137. The molecule has 122 valence electrons. The minimum Gasteiger partial charge on any atom is -0.481 e. The molecule has 0 saturated carbocycles. The zero-order valence-electron chi connectivity index (χ0n) is 12.1. The van der Waals surface area contributed by atoms with Crippen LogP contribution in [0.15, 0.2) is 29.1 Å². The van der Waals surface area contributed by atoms with E-state index in [0.29, 0.717) is 17.3 Å². The van der Waals surface area contributed by atoms with Gasteiger partial charge in [0.15, 0.2) is 5.82 Å². The largest absolute Gasteiger partial charge is 0.481 e. The van der Waals surface area contributed by atoms with Crippen molar-refractivity contribution in [2.45, 2.75) is 25.7 Å². The van der Waals surface area contributed by atoms with E-state index in [-0.39, 0.29) is 19.3 Å². The average Bonchev–Trinajstić information content (AvgIpc) is 2.82. The number of amides is 1. The fourth-order valence-corrected chi connectivity index (χ4v) is 2.06. The normalized spacial score (nSPS) is 10.5.